The number of rotatable bonds is 2. The summed E-state index contributed by atoms with van der Waals surface area (Å²) in [5.74, 6) is 0.845. The van der Waals surface area contributed by atoms with E-state index in [4.69, 9.17) is 10.00 Å². The first-order chi connectivity index (χ1) is 10.2. The molecule has 1 N–H and O–H groups in total. The zero-order valence-electron chi connectivity index (χ0n) is 11.5. The Morgan fingerprint density at radius 3 is 2.38 bits per heavy atom. The molecule has 0 aliphatic heterocycles. The van der Waals surface area contributed by atoms with Gasteiger partial charge in [0.2, 0.25) is 0 Å². The molecule has 3 aromatic carbocycles. The van der Waals surface area contributed by atoms with Gasteiger partial charge in [0, 0.05) is 0 Å². The Bertz CT molecular complexity index is 863. The topological polar surface area (TPSA) is 53.2 Å². The first-order valence-electron chi connectivity index (χ1n) is 6.58. The Hall–Kier alpha value is -2.99. The third kappa shape index (κ3) is 2.52. The Labute approximate surface area is 122 Å². The summed E-state index contributed by atoms with van der Waals surface area (Å²) in [5.41, 5.74) is 1.43. The van der Waals surface area contributed by atoms with Gasteiger partial charge in [-0.05, 0) is 47.5 Å². The van der Waals surface area contributed by atoms with E-state index in [1.165, 1.54) is 0 Å². The summed E-state index contributed by atoms with van der Waals surface area (Å²) in [5, 5.41) is 21.1. The van der Waals surface area contributed by atoms with Gasteiger partial charge in [0.15, 0.2) is 11.5 Å². The normalized spacial score (nSPS) is 10.3. The lowest BCUT2D eigenvalue weighted by Crippen LogP contribution is -1.90. The van der Waals surface area contributed by atoms with Crippen molar-refractivity contribution >= 4 is 10.8 Å². The van der Waals surface area contributed by atoms with E-state index in [2.05, 4.69) is 6.07 Å². The number of nitrogens with zero attached hydrogens (tertiary/aromatic N) is 1. The quantitative estimate of drug-likeness (QED) is 0.748. The molecular weight excluding hydrogens is 262 g/mol. The van der Waals surface area contributed by atoms with E-state index < -0.39 is 0 Å². The SMILES string of the molecule is Cc1ccc(C#N)c(Oc2cc3ccccc3cc2O)c1. The maximum Gasteiger partial charge on any atom is 0.169 e. The van der Waals surface area contributed by atoms with Gasteiger partial charge in [0.25, 0.3) is 0 Å². The average molecular weight is 275 g/mol. The zero-order chi connectivity index (χ0) is 14.8. The molecule has 0 saturated carbocycles. The Kier molecular flexibility index (Phi) is 3.21. The highest BCUT2D eigenvalue weighted by Crippen LogP contribution is 2.36. The van der Waals surface area contributed by atoms with Crippen LogP contribution >= 0.6 is 0 Å². The second kappa shape index (κ2) is 5.18. The van der Waals surface area contributed by atoms with Crippen molar-refractivity contribution in [1.82, 2.24) is 0 Å². The van der Waals surface area contributed by atoms with Crippen molar-refractivity contribution in [1.29, 1.82) is 5.26 Å². The van der Waals surface area contributed by atoms with Gasteiger partial charge in [-0.15, -0.1) is 0 Å². The van der Waals surface area contributed by atoms with Gasteiger partial charge in [-0.25, -0.2) is 0 Å². The highest BCUT2D eigenvalue weighted by Gasteiger charge is 2.10. The van der Waals surface area contributed by atoms with E-state index in [0.717, 1.165) is 16.3 Å². The number of ether oxygens (including phenoxy) is 1. The molecule has 0 spiro atoms. The third-order valence-electron chi connectivity index (χ3n) is 3.30. The molecule has 3 heteroatoms. The molecule has 3 rings (SSSR count). The summed E-state index contributed by atoms with van der Waals surface area (Å²) >= 11 is 0. The maximum absolute atomic E-state index is 10.1. The number of benzene rings is 3. The fraction of sp³-hybridized carbons (Fsp3) is 0.0556. The molecule has 0 heterocycles. The van der Waals surface area contributed by atoms with Gasteiger partial charge < -0.3 is 9.84 Å². The molecule has 102 valence electrons. The monoisotopic (exact) mass is 275 g/mol. The summed E-state index contributed by atoms with van der Waals surface area (Å²) in [6.45, 7) is 1.92. The first kappa shape index (κ1) is 13.0. The predicted molar refractivity (Wildman–Crippen MR) is 81.6 cm³/mol. The number of fused-ring (bicyclic) bond motifs is 1. The minimum atomic E-state index is 0.0547. The van der Waals surface area contributed by atoms with Crippen molar-refractivity contribution in [2.24, 2.45) is 0 Å². The Balaban J connectivity index is 2.08. The number of nitriles is 1. The van der Waals surface area contributed by atoms with Gasteiger partial charge >= 0.3 is 0 Å². The molecular formula is C18H13NO2. The summed E-state index contributed by atoms with van der Waals surface area (Å²) in [6.07, 6.45) is 0. The molecule has 0 bridgehead atoms. The molecule has 0 aliphatic rings. The highest BCUT2D eigenvalue weighted by molar-refractivity contribution is 5.86. The van der Waals surface area contributed by atoms with E-state index in [0.29, 0.717) is 17.1 Å². The molecule has 21 heavy (non-hydrogen) atoms. The van der Waals surface area contributed by atoms with Crippen molar-refractivity contribution in [3.8, 4) is 23.3 Å². The summed E-state index contributed by atoms with van der Waals surface area (Å²) in [6, 6.07) is 18.6. The number of aromatic hydroxyl groups is 1. The van der Waals surface area contributed by atoms with Crippen LogP contribution in [0.15, 0.2) is 54.6 Å². The summed E-state index contributed by atoms with van der Waals surface area (Å²) in [4.78, 5) is 0. The van der Waals surface area contributed by atoms with Crippen molar-refractivity contribution in [2.45, 2.75) is 6.92 Å². The van der Waals surface area contributed by atoms with Crippen molar-refractivity contribution in [3.63, 3.8) is 0 Å². The van der Waals surface area contributed by atoms with Crippen LogP contribution in [0.3, 0.4) is 0 Å². The van der Waals surface area contributed by atoms with Gasteiger partial charge in [0.1, 0.15) is 11.8 Å². The standard InChI is InChI=1S/C18H13NO2/c1-12-6-7-15(11-19)17(8-12)21-18-10-14-5-3-2-4-13(14)9-16(18)20/h2-10,20H,1H3. The van der Waals surface area contributed by atoms with Crippen LogP contribution in [0.25, 0.3) is 10.8 Å². The minimum absolute atomic E-state index is 0.0547. The second-order valence-corrected chi connectivity index (χ2v) is 4.88. The van der Waals surface area contributed by atoms with Crippen LogP contribution in [0, 0.1) is 18.3 Å². The number of phenolic OH excluding ortho intramolecular Hbond substituents is 1. The van der Waals surface area contributed by atoms with Crippen LogP contribution in [-0.2, 0) is 0 Å². The van der Waals surface area contributed by atoms with Crippen LogP contribution in [-0.4, -0.2) is 5.11 Å². The van der Waals surface area contributed by atoms with E-state index >= 15 is 0 Å². The van der Waals surface area contributed by atoms with Gasteiger partial charge in [-0.3, -0.25) is 0 Å². The Morgan fingerprint density at radius 1 is 0.952 bits per heavy atom. The number of hydrogen-bond acceptors (Lipinski definition) is 3. The Morgan fingerprint density at radius 2 is 1.67 bits per heavy atom. The summed E-state index contributed by atoms with van der Waals surface area (Å²) in [7, 11) is 0. The largest absolute Gasteiger partial charge is 0.504 e. The first-order valence-corrected chi connectivity index (χ1v) is 6.58. The molecule has 0 fully saturated rings. The number of hydrogen-bond donors (Lipinski definition) is 1. The van der Waals surface area contributed by atoms with Gasteiger partial charge in [-0.2, -0.15) is 5.26 Å². The minimum Gasteiger partial charge on any atom is -0.504 e. The molecule has 0 atom stereocenters. The molecule has 0 unspecified atom stereocenters. The maximum atomic E-state index is 10.1. The second-order valence-electron chi connectivity index (χ2n) is 4.88. The molecule has 0 aliphatic carbocycles. The van der Waals surface area contributed by atoms with Crippen molar-refractivity contribution in [2.75, 3.05) is 0 Å². The van der Waals surface area contributed by atoms with E-state index in [1.54, 1.807) is 24.3 Å². The molecule has 3 aromatic rings. The lowest BCUT2D eigenvalue weighted by Gasteiger charge is -2.11. The molecule has 0 saturated heterocycles. The molecule has 0 radical (unpaired) electrons. The molecule has 0 amide bonds. The fourth-order valence-electron chi connectivity index (χ4n) is 2.21. The average Bonchev–Trinajstić information content (AvgIpc) is 2.48. The zero-order valence-corrected chi connectivity index (χ0v) is 11.5. The number of aryl methyl sites for hydroxylation is 1. The van der Waals surface area contributed by atoms with Crippen LogP contribution in [0.1, 0.15) is 11.1 Å². The summed E-state index contributed by atoms with van der Waals surface area (Å²) < 4.78 is 5.75. The fourth-order valence-corrected chi connectivity index (χ4v) is 2.21. The van der Waals surface area contributed by atoms with Gasteiger partial charge in [0.05, 0.1) is 5.56 Å². The van der Waals surface area contributed by atoms with E-state index in [9.17, 15) is 5.11 Å². The lowest BCUT2D eigenvalue weighted by atomic mass is 10.1. The van der Waals surface area contributed by atoms with Crippen LogP contribution in [0.2, 0.25) is 0 Å². The number of phenols is 1. The van der Waals surface area contributed by atoms with E-state index in [1.807, 2.05) is 37.3 Å². The van der Waals surface area contributed by atoms with E-state index in [-0.39, 0.29) is 5.75 Å². The van der Waals surface area contributed by atoms with Gasteiger partial charge in [-0.1, -0.05) is 30.3 Å². The molecule has 3 nitrogen and oxygen atoms in total. The van der Waals surface area contributed by atoms with Crippen LogP contribution in [0.4, 0.5) is 0 Å². The van der Waals surface area contributed by atoms with Crippen molar-refractivity contribution < 1.29 is 9.84 Å². The van der Waals surface area contributed by atoms with Crippen LogP contribution in [0.5, 0.6) is 17.2 Å². The lowest BCUT2D eigenvalue weighted by molar-refractivity contribution is 0.411. The van der Waals surface area contributed by atoms with Crippen molar-refractivity contribution in [3.05, 3.63) is 65.7 Å². The predicted octanol–water partition coefficient (Wildman–Crippen LogP) is 4.52. The smallest absolute Gasteiger partial charge is 0.169 e. The van der Waals surface area contributed by atoms with Crippen LogP contribution < -0.4 is 4.74 Å². The highest BCUT2D eigenvalue weighted by atomic mass is 16.5. The molecule has 0 aromatic heterocycles. The third-order valence-corrected chi connectivity index (χ3v) is 3.30.